The standard InChI is InChI=1S/C12H23NO/c1-11(2)7-4-10(8-11)13-9-12(14)5-3-6-12/h10,13-14H,3-9H2,1-2H3. The second kappa shape index (κ2) is 3.49. The summed E-state index contributed by atoms with van der Waals surface area (Å²) < 4.78 is 0. The van der Waals surface area contributed by atoms with Gasteiger partial charge in [-0.25, -0.2) is 0 Å². The van der Waals surface area contributed by atoms with Gasteiger partial charge in [-0.2, -0.15) is 0 Å². The van der Waals surface area contributed by atoms with Crippen molar-refractivity contribution in [3.05, 3.63) is 0 Å². The Balaban J connectivity index is 1.72. The molecule has 0 spiro atoms. The Bertz CT molecular complexity index is 208. The van der Waals surface area contributed by atoms with E-state index in [2.05, 4.69) is 19.2 Å². The van der Waals surface area contributed by atoms with Crippen LogP contribution in [0.3, 0.4) is 0 Å². The van der Waals surface area contributed by atoms with E-state index < -0.39 is 0 Å². The summed E-state index contributed by atoms with van der Waals surface area (Å²) in [6, 6.07) is 0.648. The summed E-state index contributed by atoms with van der Waals surface area (Å²) in [4.78, 5) is 0. The number of aliphatic hydroxyl groups is 1. The van der Waals surface area contributed by atoms with Gasteiger partial charge in [-0.15, -0.1) is 0 Å². The highest BCUT2D eigenvalue weighted by atomic mass is 16.3. The van der Waals surface area contributed by atoms with E-state index >= 15 is 0 Å². The van der Waals surface area contributed by atoms with Crippen LogP contribution < -0.4 is 5.32 Å². The maximum atomic E-state index is 9.94. The zero-order valence-corrected chi connectivity index (χ0v) is 9.47. The Morgan fingerprint density at radius 2 is 2.00 bits per heavy atom. The molecule has 0 aliphatic heterocycles. The van der Waals surface area contributed by atoms with Crippen molar-refractivity contribution >= 4 is 0 Å². The Kier molecular flexibility index (Phi) is 2.61. The second-order valence-electron chi connectivity index (χ2n) is 6.06. The highest BCUT2D eigenvalue weighted by molar-refractivity contribution is 4.93. The van der Waals surface area contributed by atoms with E-state index in [9.17, 15) is 5.11 Å². The summed E-state index contributed by atoms with van der Waals surface area (Å²) in [6.45, 7) is 5.49. The maximum absolute atomic E-state index is 9.94. The van der Waals surface area contributed by atoms with Gasteiger partial charge in [0.15, 0.2) is 0 Å². The van der Waals surface area contributed by atoms with Crippen LogP contribution in [0.4, 0.5) is 0 Å². The highest BCUT2D eigenvalue weighted by Crippen LogP contribution is 2.37. The third-order valence-electron chi connectivity index (χ3n) is 3.97. The van der Waals surface area contributed by atoms with Crippen molar-refractivity contribution in [3.63, 3.8) is 0 Å². The van der Waals surface area contributed by atoms with E-state index in [0.717, 1.165) is 19.4 Å². The smallest absolute Gasteiger partial charge is 0.0771 e. The fourth-order valence-corrected chi connectivity index (χ4v) is 2.71. The molecule has 2 heteroatoms. The molecule has 0 aromatic carbocycles. The summed E-state index contributed by atoms with van der Waals surface area (Å²) in [6.07, 6.45) is 7.07. The van der Waals surface area contributed by atoms with Gasteiger partial charge in [-0.3, -0.25) is 0 Å². The molecular formula is C12H23NO. The molecule has 2 aliphatic rings. The van der Waals surface area contributed by atoms with Crippen LogP contribution in [0, 0.1) is 5.41 Å². The highest BCUT2D eigenvalue weighted by Gasteiger charge is 2.36. The third-order valence-corrected chi connectivity index (χ3v) is 3.97. The Morgan fingerprint density at radius 1 is 1.29 bits per heavy atom. The normalized spacial score (nSPS) is 34.1. The lowest BCUT2D eigenvalue weighted by molar-refractivity contribution is -0.0332. The van der Waals surface area contributed by atoms with Crippen LogP contribution in [0.15, 0.2) is 0 Å². The lowest BCUT2D eigenvalue weighted by Gasteiger charge is -2.37. The lowest BCUT2D eigenvalue weighted by Crippen LogP contribution is -2.48. The molecule has 0 aromatic heterocycles. The van der Waals surface area contributed by atoms with Crippen molar-refractivity contribution in [2.45, 2.75) is 64.0 Å². The SMILES string of the molecule is CC1(C)CCC(NCC2(O)CCC2)C1. The first-order valence-electron chi connectivity index (χ1n) is 5.95. The average molecular weight is 197 g/mol. The maximum Gasteiger partial charge on any atom is 0.0771 e. The van der Waals surface area contributed by atoms with Crippen LogP contribution in [-0.2, 0) is 0 Å². The Hall–Kier alpha value is -0.0800. The molecule has 2 fully saturated rings. The number of hydrogen-bond donors (Lipinski definition) is 2. The topological polar surface area (TPSA) is 32.3 Å². The minimum Gasteiger partial charge on any atom is -0.389 e. The first-order chi connectivity index (χ1) is 6.49. The largest absolute Gasteiger partial charge is 0.389 e. The Labute approximate surface area is 87.1 Å². The molecule has 0 aromatic rings. The summed E-state index contributed by atoms with van der Waals surface area (Å²) in [5, 5.41) is 13.5. The number of hydrogen-bond acceptors (Lipinski definition) is 2. The summed E-state index contributed by atoms with van der Waals surface area (Å²) >= 11 is 0. The van der Waals surface area contributed by atoms with E-state index in [1.165, 1.54) is 25.7 Å². The molecule has 2 saturated carbocycles. The molecule has 0 bridgehead atoms. The summed E-state index contributed by atoms with van der Waals surface area (Å²) in [5.41, 5.74) is 0.159. The van der Waals surface area contributed by atoms with Crippen LogP contribution in [0.1, 0.15) is 52.4 Å². The Morgan fingerprint density at radius 3 is 2.43 bits per heavy atom. The quantitative estimate of drug-likeness (QED) is 0.726. The lowest BCUT2D eigenvalue weighted by atomic mass is 9.80. The molecule has 82 valence electrons. The van der Waals surface area contributed by atoms with Crippen molar-refractivity contribution in [2.24, 2.45) is 5.41 Å². The van der Waals surface area contributed by atoms with Crippen molar-refractivity contribution < 1.29 is 5.11 Å². The molecule has 0 amide bonds. The molecule has 2 aliphatic carbocycles. The van der Waals surface area contributed by atoms with E-state index in [4.69, 9.17) is 0 Å². The van der Waals surface area contributed by atoms with Gasteiger partial charge < -0.3 is 10.4 Å². The number of nitrogens with one attached hydrogen (secondary N) is 1. The van der Waals surface area contributed by atoms with Crippen molar-refractivity contribution in [3.8, 4) is 0 Å². The van der Waals surface area contributed by atoms with Crippen LogP contribution in [0.25, 0.3) is 0 Å². The molecule has 2 rings (SSSR count). The van der Waals surface area contributed by atoms with E-state index in [1.807, 2.05) is 0 Å². The van der Waals surface area contributed by atoms with Crippen molar-refractivity contribution in [2.75, 3.05) is 6.54 Å². The first kappa shape index (κ1) is 10.4. The van der Waals surface area contributed by atoms with Gasteiger partial charge in [0.2, 0.25) is 0 Å². The van der Waals surface area contributed by atoms with Gasteiger partial charge in [0, 0.05) is 12.6 Å². The molecule has 0 saturated heterocycles. The summed E-state index contributed by atoms with van der Waals surface area (Å²) in [7, 11) is 0. The zero-order chi connectivity index (χ0) is 10.2. The second-order valence-corrected chi connectivity index (χ2v) is 6.06. The number of rotatable bonds is 3. The monoisotopic (exact) mass is 197 g/mol. The van der Waals surface area contributed by atoms with Gasteiger partial charge in [0.25, 0.3) is 0 Å². The van der Waals surface area contributed by atoms with Crippen LogP contribution >= 0.6 is 0 Å². The van der Waals surface area contributed by atoms with Gasteiger partial charge in [-0.1, -0.05) is 13.8 Å². The molecule has 2 nitrogen and oxygen atoms in total. The van der Waals surface area contributed by atoms with Gasteiger partial charge >= 0.3 is 0 Å². The van der Waals surface area contributed by atoms with Crippen LogP contribution in [0.2, 0.25) is 0 Å². The zero-order valence-electron chi connectivity index (χ0n) is 9.47. The predicted octanol–water partition coefficient (Wildman–Crippen LogP) is 2.07. The van der Waals surface area contributed by atoms with Gasteiger partial charge in [0.1, 0.15) is 0 Å². The molecular weight excluding hydrogens is 174 g/mol. The average Bonchev–Trinajstić information content (AvgIpc) is 2.39. The first-order valence-corrected chi connectivity index (χ1v) is 5.95. The van der Waals surface area contributed by atoms with Crippen molar-refractivity contribution in [1.82, 2.24) is 5.32 Å². The predicted molar refractivity (Wildman–Crippen MR) is 58.2 cm³/mol. The van der Waals surface area contributed by atoms with E-state index in [0.29, 0.717) is 11.5 Å². The minimum absolute atomic E-state index is 0.354. The molecule has 14 heavy (non-hydrogen) atoms. The molecule has 2 N–H and O–H groups in total. The fraction of sp³-hybridized carbons (Fsp3) is 1.00. The van der Waals surface area contributed by atoms with Gasteiger partial charge in [0.05, 0.1) is 5.60 Å². The third kappa shape index (κ3) is 2.29. The molecule has 1 unspecified atom stereocenters. The van der Waals surface area contributed by atoms with Gasteiger partial charge in [-0.05, 0) is 43.9 Å². The summed E-state index contributed by atoms with van der Waals surface area (Å²) in [5.74, 6) is 0. The minimum atomic E-state index is -0.354. The van der Waals surface area contributed by atoms with E-state index in [1.54, 1.807) is 0 Å². The fourth-order valence-electron chi connectivity index (χ4n) is 2.71. The molecule has 0 radical (unpaired) electrons. The molecule has 0 heterocycles. The van der Waals surface area contributed by atoms with Crippen LogP contribution in [0.5, 0.6) is 0 Å². The van der Waals surface area contributed by atoms with Crippen molar-refractivity contribution in [1.29, 1.82) is 0 Å². The molecule has 1 atom stereocenters. The van der Waals surface area contributed by atoms with E-state index in [-0.39, 0.29) is 5.60 Å². The van der Waals surface area contributed by atoms with Crippen LogP contribution in [-0.4, -0.2) is 23.3 Å².